The van der Waals surface area contributed by atoms with Crippen molar-refractivity contribution in [1.29, 1.82) is 0 Å². The van der Waals surface area contributed by atoms with Gasteiger partial charge >= 0.3 is 5.97 Å². The number of hydrogen-bond acceptors (Lipinski definition) is 4. The van der Waals surface area contributed by atoms with E-state index in [1.54, 1.807) is 31.2 Å². The zero-order valence-corrected chi connectivity index (χ0v) is 13.2. The molecule has 21 heavy (non-hydrogen) atoms. The van der Waals surface area contributed by atoms with Crippen molar-refractivity contribution in [3.63, 3.8) is 0 Å². The second-order valence-electron chi connectivity index (χ2n) is 4.72. The number of anilines is 1. The van der Waals surface area contributed by atoms with Crippen molar-refractivity contribution >= 4 is 27.6 Å². The van der Waals surface area contributed by atoms with Crippen LogP contribution in [0.1, 0.15) is 27.0 Å². The van der Waals surface area contributed by atoms with Crippen LogP contribution < -0.4 is 5.73 Å². The number of carbonyl (C=O) groups excluding carboxylic acids is 1. The molecule has 0 aliphatic heterocycles. The topological polar surface area (TPSA) is 72.6 Å². The summed E-state index contributed by atoms with van der Waals surface area (Å²) < 4.78 is 6.04. The summed E-state index contributed by atoms with van der Waals surface area (Å²) in [6, 6.07) is 10.7. The first-order chi connectivity index (χ1) is 10.0. The van der Waals surface area contributed by atoms with Gasteiger partial charge in [0, 0.05) is 10.2 Å². The van der Waals surface area contributed by atoms with E-state index in [0.717, 1.165) is 15.6 Å². The van der Waals surface area contributed by atoms with Crippen LogP contribution in [0.15, 0.2) is 40.9 Å². The third-order valence-corrected chi connectivity index (χ3v) is 3.67. The Hall–Kier alpha value is -1.85. The van der Waals surface area contributed by atoms with Gasteiger partial charge in [0.05, 0.1) is 12.2 Å². The molecule has 0 aromatic heterocycles. The lowest BCUT2D eigenvalue weighted by atomic mass is 10.1. The highest BCUT2D eigenvalue weighted by Gasteiger charge is 2.13. The van der Waals surface area contributed by atoms with Gasteiger partial charge in [0.2, 0.25) is 0 Å². The fourth-order valence-corrected chi connectivity index (χ4v) is 2.36. The molecule has 0 fully saturated rings. The van der Waals surface area contributed by atoms with Gasteiger partial charge in [-0.15, -0.1) is 0 Å². The number of aliphatic hydroxyl groups excluding tert-OH is 1. The molecule has 2 aromatic rings. The summed E-state index contributed by atoms with van der Waals surface area (Å²) in [7, 11) is 0. The largest absolute Gasteiger partial charge is 0.457 e. The molecule has 0 saturated heterocycles. The molecule has 0 amide bonds. The second kappa shape index (κ2) is 6.74. The van der Waals surface area contributed by atoms with Crippen molar-refractivity contribution in [2.24, 2.45) is 0 Å². The molecule has 0 atom stereocenters. The molecule has 0 aliphatic rings. The number of esters is 1. The molecule has 110 valence electrons. The van der Waals surface area contributed by atoms with Gasteiger partial charge in [0.15, 0.2) is 0 Å². The first-order valence-electron chi connectivity index (χ1n) is 6.42. The van der Waals surface area contributed by atoms with Gasteiger partial charge in [-0.1, -0.05) is 40.2 Å². The molecule has 0 spiro atoms. The summed E-state index contributed by atoms with van der Waals surface area (Å²) in [6.07, 6.45) is 0. The summed E-state index contributed by atoms with van der Waals surface area (Å²) in [6.45, 7) is 1.96. The van der Waals surface area contributed by atoms with Gasteiger partial charge in [0.25, 0.3) is 0 Å². The maximum Gasteiger partial charge on any atom is 0.338 e. The van der Waals surface area contributed by atoms with Crippen molar-refractivity contribution in [1.82, 2.24) is 0 Å². The lowest BCUT2D eigenvalue weighted by Gasteiger charge is -2.10. The Labute approximate surface area is 131 Å². The van der Waals surface area contributed by atoms with Gasteiger partial charge < -0.3 is 15.6 Å². The fraction of sp³-hybridized carbons (Fsp3) is 0.188. The number of carbonyl (C=O) groups is 1. The second-order valence-corrected chi connectivity index (χ2v) is 5.63. The van der Waals surface area contributed by atoms with Crippen LogP contribution in [-0.4, -0.2) is 11.1 Å². The van der Waals surface area contributed by atoms with E-state index in [-0.39, 0.29) is 13.2 Å². The number of nitrogen functional groups attached to an aromatic ring is 1. The van der Waals surface area contributed by atoms with Gasteiger partial charge in [0.1, 0.15) is 6.61 Å². The number of rotatable bonds is 4. The summed E-state index contributed by atoms with van der Waals surface area (Å²) in [4.78, 5) is 12.1. The van der Waals surface area contributed by atoms with Crippen LogP contribution in [0.2, 0.25) is 0 Å². The monoisotopic (exact) mass is 349 g/mol. The predicted molar refractivity (Wildman–Crippen MR) is 84.8 cm³/mol. The Bertz CT molecular complexity index is 653. The van der Waals surface area contributed by atoms with Crippen LogP contribution in [-0.2, 0) is 18.0 Å². The SMILES string of the molecule is Cc1c(N)cc(Br)cc1C(=O)OCc1ccc(CO)cc1. The minimum Gasteiger partial charge on any atom is -0.457 e. The number of halogens is 1. The van der Waals surface area contributed by atoms with Crippen LogP contribution in [0.4, 0.5) is 5.69 Å². The normalized spacial score (nSPS) is 10.4. The Morgan fingerprint density at radius 2 is 1.86 bits per heavy atom. The molecule has 0 bridgehead atoms. The fourth-order valence-electron chi connectivity index (χ4n) is 1.88. The molecular weight excluding hydrogens is 334 g/mol. The van der Waals surface area contributed by atoms with Crippen molar-refractivity contribution in [3.8, 4) is 0 Å². The lowest BCUT2D eigenvalue weighted by Crippen LogP contribution is -2.08. The minimum atomic E-state index is -0.410. The van der Waals surface area contributed by atoms with E-state index in [4.69, 9.17) is 15.6 Å². The molecule has 5 heteroatoms. The summed E-state index contributed by atoms with van der Waals surface area (Å²) in [5.41, 5.74) is 9.22. The molecule has 0 heterocycles. The molecule has 0 aliphatic carbocycles. The average Bonchev–Trinajstić information content (AvgIpc) is 2.49. The zero-order valence-electron chi connectivity index (χ0n) is 11.6. The van der Waals surface area contributed by atoms with Crippen LogP contribution >= 0.6 is 15.9 Å². The molecule has 0 radical (unpaired) electrons. The maximum atomic E-state index is 12.1. The molecule has 3 N–H and O–H groups in total. The van der Waals surface area contributed by atoms with E-state index >= 15 is 0 Å². The Morgan fingerprint density at radius 1 is 1.24 bits per heavy atom. The van der Waals surface area contributed by atoms with Crippen molar-refractivity contribution in [2.45, 2.75) is 20.1 Å². The van der Waals surface area contributed by atoms with Crippen LogP contribution in [0, 0.1) is 6.92 Å². The van der Waals surface area contributed by atoms with E-state index in [0.29, 0.717) is 16.8 Å². The number of nitrogens with two attached hydrogens (primary N) is 1. The first kappa shape index (κ1) is 15.5. The third-order valence-electron chi connectivity index (χ3n) is 3.21. The van der Waals surface area contributed by atoms with E-state index in [1.807, 2.05) is 12.1 Å². The number of hydrogen-bond donors (Lipinski definition) is 2. The van der Waals surface area contributed by atoms with Gasteiger partial charge in [-0.2, -0.15) is 0 Å². The highest BCUT2D eigenvalue weighted by molar-refractivity contribution is 9.10. The number of ether oxygens (including phenoxy) is 1. The smallest absolute Gasteiger partial charge is 0.338 e. The van der Waals surface area contributed by atoms with Crippen LogP contribution in [0.25, 0.3) is 0 Å². The summed E-state index contributed by atoms with van der Waals surface area (Å²) in [5.74, 6) is -0.410. The summed E-state index contributed by atoms with van der Waals surface area (Å²) >= 11 is 3.32. The van der Waals surface area contributed by atoms with Crippen molar-refractivity contribution in [2.75, 3.05) is 5.73 Å². The number of benzene rings is 2. The van der Waals surface area contributed by atoms with Gasteiger partial charge in [-0.05, 0) is 35.7 Å². The quantitative estimate of drug-likeness (QED) is 0.656. The average molecular weight is 350 g/mol. The Balaban J connectivity index is 2.08. The zero-order chi connectivity index (χ0) is 15.4. The standard InChI is InChI=1S/C16H16BrNO3/c1-10-14(6-13(17)7-15(10)18)16(20)21-9-12-4-2-11(8-19)3-5-12/h2-7,19H,8-9,18H2,1H3. The van der Waals surface area contributed by atoms with E-state index in [2.05, 4.69) is 15.9 Å². The molecule has 2 aromatic carbocycles. The maximum absolute atomic E-state index is 12.1. The molecular formula is C16H16BrNO3. The van der Waals surface area contributed by atoms with Crippen LogP contribution in [0.3, 0.4) is 0 Å². The molecule has 4 nitrogen and oxygen atoms in total. The minimum absolute atomic E-state index is 0.00339. The highest BCUT2D eigenvalue weighted by atomic mass is 79.9. The third kappa shape index (κ3) is 3.83. The number of aliphatic hydroxyl groups is 1. The Kier molecular flexibility index (Phi) is 4.98. The summed E-state index contributed by atoms with van der Waals surface area (Å²) in [5, 5.41) is 8.98. The highest BCUT2D eigenvalue weighted by Crippen LogP contribution is 2.23. The van der Waals surface area contributed by atoms with Crippen molar-refractivity contribution < 1.29 is 14.6 Å². The molecule has 2 rings (SSSR count). The van der Waals surface area contributed by atoms with E-state index in [1.165, 1.54) is 0 Å². The molecule has 0 unspecified atom stereocenters. The van der Waals surface area contributed by atoms with Gasteiger partial charge in [-0.3, -0.25) is 0 Å². The predicted octanol–water partition coefficient (Wildman–Crippen LogP) is 3.19. The molecule has 0 saturated carbocycles. The van der Waals surface area contributed by atoms with Crippen molar-refractivity contribution in [3.05, 3.63) is 63.1 Å². The van der Waals surface area contributed by atoms with Gasteiger partial charge in [-0.25, -0.2) is 4.79 Å². The lowest BCUT2D eigenvalue weighted by molar-refractivity contribution is 0.0472. The van der Waals surface area contributed by atoms with Crippen LogP contribution in [0.5, 0.6) is 0 Å². The first-order valence-corrected chi connectivity index (χ1v) is 7.22. The Morgan fingerprint density at radius 3 is 2.48 bits per heavy atom. The van der Waals surface area contributed by atoms with E-state index < -0.39 is 5.97 Å². The van der Waals surface area contributed by atoms with E-state index in [9.17, 15) is 4.79 Å².